The van der Waals surface area contributed by atoms with Crippen LogP contribution in [0.4, 0.5) is 5.95 Å². The quantitative estimate of drug-likeness (QED) is 0.695. The summed E-state index contributed by atoms with van der Waals surface area (Å²) < 4.78 is 0. The molecule has 1 aromatic heterocycles. The Balaban J connectivity index is 1.88. The van der Waals surface area contributed by atoms with E-state index in [1.54, 1.807) is 0 Å². The minimum absolute atomic E-state index is 0.170. The molecule has 0 bridgehead atoms. The second-order valence-electron chi connectivity index (χ2n) is 4.92. The third kappa shape index (κ3) is 1.64. The van der Waals surface area contributed by atoms with E-state index in [1.165, 1.54) is 0 Å². The van der Waals surface area contributed by atoms with Gasteiger partial charge in [0.1, 0.15) is 0 Å². The lowest BCUT2D eigenvalue weighted by molar-refractivity contribution is -0.126. The van der Waals surface area contributed by atoms with Crippen LogP contribution < -0.4 is 10.2 Å². The lowest BCUT2D eigenvalue weighted by Gasteiger charge is -2.17. The highest BCUT2D eigenvalue weighted by atomic mass is 16.2. The maximum atomic E-state index is 11.6. The molecule has 0 radical (unpaired) electrons. The first-order chi connectivity index (χ1) is 8.54. The minimum Gasteiger partial charge on any atom is -0.339 e. The monoisotopic (exact) mass is 246 g/mol. The summed E-state index contributed by atoms with van der Waals surface area (Å²) in [6.45, 7) is 4.86. The third-order valence-electron chi connectivity index (χ3n) is 3.49. The molecule has 6 nitrogen and oxygen atoms in total. The molecule has 2 atom stereocenters. The van der Waals surface area contributed by atoms with E-state index in [-0.39, 0.29) is 23.7 Å². The summed E-state index contributed by atoms with van der Waals surface area (Å²) in [6.07, 6.45) is 0. The number of fused-ring (bicyclic) bond motifs is 1. The summed E-state index contributed by atoms with van der Waals surface area (Å²) in [7, 11) is 0. The lowest BCUT2D eigenvalue weighted by atomic mass is 10.00. The van der Waals surface area contributed by atoms with Gasteiger partial charge in [-0.3, -0.25) is 14.9 Å². The van der Waals surface area contributed by atoms with Gasteiger partial charge < -0.3 is 4.90 Å². The van der Waals surface area contributed by atoms with Crippen molar-refractivity contribution in [3.05, 3.63) is 17.5 Å². The Morgan fingerprint density at radius 3 is 2.11 bits per heavy atom. The normalized spacial score (nSPS) is 26.4. The Morgan fingerprint density at radius 1 is 1.11 bits per heavy atom. The zero-order valence-electron chi connectivity index (χ0n) is 10.3. The third-order valence-corrected chi connectivity index (χ3v) is 3.49. The predicted molar refractivity (Wildman–Crippen MR) is 63.8 cm³/mol. The molecule has 0 saturated carbocycles. The first-order valence-corrected chi connectivity index (χ1v) is 5.96. The number of anilines is 1. The average Bonchev–Trinajstić information content (AvgIpc) is 2.80. The summed E-state index contributed by atoms with van der Waals surface area (Å²) in [5, 5.41) is 2.37. The molecule has 6 heteroatoms. The molecule has 1 aromatic rings. The van der Waals surface area contributed by atoms with E-state index >= 15 is 0 Å². The van der Waals surface area contributed by atoms with Gasteiger partial charge in [0.05, 0.1) is 11.8 Å². The molecule has 94 valence electrons. The SMILES string of the molecule is Cc1cc(C)nc(N2CC3C(=O)NC(=O)C3C2)n1. The number of hydrogen-bond donors (Lipinski definition) is 1. The van der Waals surface area contributed by atoms with Crippen LogP contribution in [0.5, 0.6) is 0 Å². The Kier molecular flexibility index (Phi) is 2.33. The second kappa shape index (κ2) is 3.76. The largest absolute Gasteiger partial charge is 0.339 e. The zero-order valence-corrected chi connectivity index (χ0v) is 10.3. The highest BCUT2D eigenvalue weighted by Crippen LogP contribution is 2.30. The molecule has 2 saturated heterocycles. The van der Waals surface area contributed by atoms with E-state index in [1.807, 2.05) is 24.8 Å². The lowest BCUT2D eigenvalue weighted by Crippen LogP contribution is -2.32. The highest BCUT2D eigenvalue weighted by molar-refractivity contribution is 6.06. The van der Waals surface area contributed by atoms with E-state index in [4.69, 9.17) is 0 Å². The van der Waals surface area contributed by atoms with Crippen molar-refractivity contribution in [3.8, 4) is 0 Å². The second-order valence-corrected chi connectivity index (χ2v) is 4.92. The van der Waals surface area contributed by atoms with Gasteiger partial charge in [-0.25, -0.2) is 9.97 Å². The average molecular weight is 246 g/mol. The minimum atomic E-state index is -0.248. The van der Waals surface area contributed by atoms with E-state index in [0.717, 1.165) is 11.4 Å². The topological polar surface area (TPSA) is 75.2 Å². The molecule has 0 spiro atoms. The fraction of sp³-hybridized carbons (Fsp3) is 0.500. The Bertz CT molecular complexity index is 501. The van der Waals surface area contributed by atoms with Gasteiger partial charge in [0.15, 0.2) is 0 Å². The molecular weight excluding hydrogens is 232 g/mol. The first kappa shape index (κ1) is 11.1. The number of imide groups is 1. The van der Waals surface area contributed by atoms with Crippen molar-refractivity contribution in [2.45, 2.75) is 13.8 Å². The van der Waals surface area contributed by atoms with Gasteiger partial charge in [0.2, 0.25) is 17.8 Å². The van der Waals surface area contributed by atoms with Gasteiger partial charge in [-0.2, -0.15) is 0 Å². The van der Waals surface area contributed by atoms with Gasteiger partial charge in [-0.1, -0.05) is 0 Å². The molecule has 2 fully saturated rings. The molecule has 3 rings (SSSR count). The maximum Gasteiger partial charge on any atom is 0.232 e. The van der Waals surface area contributed by atoms with Crippen molar-refractivity contribution in [2.75, 3.05) is 18.0 Å². The van der Waals surface area contributed by atoms with Crippen molar-refractivity contribution in [1.29, 1.82) is 0 Å². The maximum absolute atomic E-state index is 11.6. The summed E-state index contributed by atoms with van der Waals surface area (Å²) >= 11 is 0. The van der Waals surface area contributed by atoms with Crippen LogP contribution in [-0.4, -0.2) is 34.9 Å². The number of carbonyl (C=O) groups excluding carboxylic acids is 2. The molecule has 2 aliphatic rings. The van der Waals surface area contributed by atoms with Crippen molar-refractivity contribution in [3.63, 3.8) is 0 Å². The molecule has 0 aliphatic carbocycles. The van der Waals surface area contributed by atoms with Crippen LogP contribution in [0.1, 0.15) is 11.4 Å². The predicted octanol–water partition coefficient (Wildman–Crippen LogP) is -0.198. The highest BCUT2D eigenvalue weighted by Gasteiger charge is 2.48. The number of hydrogen-bond acceptors (Lipinski definition) is 5. The number of nitrogens with one attached hydrogen (secondary N) is 1. The van der Waals surface area contributed by atoms with Crippen LogP contribution in [0.15, 0.2) is 6.07 Å². The summed E-state index contributed by atoms with van der Waals surface area (Å²) in [6, 6.07) is 1.90. The van der Waals surface area contributed by atoms with E-state index < -0.39 is 0 Å². The standard InChI is InChI=1S/C12H14N4O2/c1-6-3-7(2)14-12(13-6)16-4-8-9(5-16)11(18)15-10(8)17/h3,8-9H,4-5H2,1-2H3,(H,15,17,18). The van der Waals surface area contributed by atoms with Crippen LogP contribution in [0.2, 0.25) is 0 Å². The summed E-state index contributed by atoms with van der Waals surface area (Å²) in [4.78, 5) is 33.8. The van der Waals surface area contributed by atoms with Gasteiger partial charge in [-0.05, 0) is 19.9 Å². The number of nitrogens with zero attached hydrogens (tertiary/aromatic N) is 3. The van der Waals surface area contributed by atoms with Crippen molar-refractivity contribution < 1.29 is 9.59 Å². The van der Waals surface area contributed by atoms with Crippen LogP contribution in [0.25, 0.3) is 0 Å². The van der Waals surface area contributed by atoms with Crippen molar-refractivity contribution in [2.24, 2.45) is 11.8 Å². The molecule has 2 aliphatic heterocycles. The van der Waals surface area contributed by atoms with Crippen LogP contribution in [-0.2, 0) is 9.59 Å². The van der Waals surface area contributed by atoms with Gasteiger partial charge >= 0.3 is 0 Å². The number of aromatic nitrogens is 2. The summed E-state index contributed by atoms with van der Waals surface area (Å²) in [5.41, 5.74) is 1.79. The zero-order chi connectivity index (χ0) is 12.9. The Labute approximate surface area is 104 Å². The van der Waals surface area contributed by atoms with E-state index in [0.29, 0.717) is 19.0 Å². The number of amides is 2. The fourth-order valence-electron chi connectivity index (χ4n) is 2.65. The van der Waals surface area contributed by atoms with Crippen LogP contribution in [0.3, 0.4) is 0 Å². The van der Waals surface area contributed by atoms with Gasteiger partial charge in [0.25, 0.3) is 0 Å². The molecule has 18 heavy (non-hydrogen) atoms. The van der Waals surface area contributed by atoms with Gasteiger partial charge in [-0.15, -0.1) is 0 Å². The van der Waals surface area contributed by atoms with Crippen LogP contribution in [0, 0.1) is 25.7 Å². The molecule has 0 aromatic carbocycles. The molecule has 3 heterocycles. The van der Waals surface area contributed by atoms with Crippen molar-refractivity contribution >= 4 is 17.8 Å². The van der Waals surface area contributed by atoms with E-state index in [9.17, 15) is 9.59 Å². The molecule has 2 unspecified atom stereocenters. The number of carbonyl (C=O) groups is 2. The fourth-order valence-corrected chi connectivity index (χ4v) is 2.65. The van der Waals surface area contributed by atoms with Crippen molar-refractivity contribution in [1.82, 2.24) is 15.3 Å². The molecular formula is C12H14N4O2. The first-order valence-electron chi connectivity index (χ1n) is 5.96. The molecule has 1 N–H and O–H groups in total. The smallest absolute Gasteiger partial charge is 0.232 e. The number of rotatable bonds is 1. The number of aryl methyl sites for hydroxylation is 2. The van der Waals surface area contributed by atoms with E-state index in [2.05, 4.69) is 15.3 Å². The summed E-state index contributed by atoms with van der Waals surface area (Å²) in [5.74, 6) is -0.222. The Morgan fingerprint density at radius 2 is 1.61 bits per heavy atom. The van der Waals surface area contributed by atoms with Crippen LogP contribution >= 0.6 is 0 Å². The van der Waals surface area contributed by atoms with Gasteiger partial charge in [0, 0.05) is 24.5 Å². The Hall–Kier alpha value is -1.98. The molecule has 2 amide bonds.